The van der Waals surface area contributed by atoms with E-state index in [-0.39, 0.29) is 13.0 Å². The maximum absolute atomic E-state index is 12.8. The molecule has 29 heavy (non-hydrogen) atoms. The zero-order valence-corrected chi connectivity index (χ0v) is 16.8. The molecule has 7 nitrogen and oxygen atoms in total. The van der Waals surface area contributed by atoms with Gasteiger partial charge in [-0.3, -0.25) is 4.79 Å². The van der Waals surface area contributed by atoms with Crippen molar-refractivity contribution in [1.29, 1.82) is 0 Å². The Balaban J connectivity index is 2.06. The van der Waals surface area contributed by atoms with Gasteiger partial charge in [-0.25, -0.2) is 9.59 Å². The van der Waals surface area contributed by atoms with Crippen molar-refractivity contribution < 1.29 is 23.9 Å². The van der Waals surface area contributed by atoms with Crippen molar-refractivity contribution >= 4 is 18.0 Å². The van der Waals surface area contributed by atoms with E-state index >= 15 is 0 Å². The van der Waals surface area contributed by atoms with Crippen LogP contribution < -0.4 is 10.6 Å². The Morgan fingerprint density at radius 1 is 0.931 bits per heavy atom. The Morgan fingerprint density at radius 3 is 2.03 bits per heavy atom. The number of esters is 1. The zero-order valence-electron chi connectivity index (χ0n) is 16.8. The average Bonchev–Trinajstić information content (AvgIpc) is 2.72. The van der Waals surface area contributed by atoms with Crippen molar-refractivity contribution in [1.82, 2.24) is 10.6 Å². The SMILES string of the molecule is COC(=O)C(C)(C)NC(=O)[C@H](Cc1ccccc1)NC(=O)OCc1ccccc1. The molecule has 0 aliphatic rings. The zero-order chi connectivity index (χ0) is 21.3. The molecule has 0 aromatic heterocycles. The van der Waals surface area contributed by atoms with Crippen LogP contribution in [0.25, 0.3) is 0 Å². The van der Waals surface area contributed by atoms with Gasteiger partial charge in [-0.05, 0) is 25.0 Å². The first-order valence-electron chi connectivity index (χ1n) is 9.23. The first-order valence-corrected chi connectivity index (χ1v) is 9.23. The third kappa shape index (κ3) is 6.95. The maximum atomic E-state index is 12.8. The minimum absolute atomic E-state index is 0.0833. The smallest absolute Gasteiger partial charge is 0.408 e. The van der Waals surface area contributed by atoms with E-state index < -0.39 is 29.6 Å². The number of nitrogens with one attached hydrogen (secondary N) is 2. The quantitative estimate of drug-likeness (QED) is 0.667. The monoisotopic (exact) mass is 398 g/mol. The number of rotatable bonds is 8. The van der Waals surface area contributed by atoms with E-state index in [1.54, 1.807) is 0 Å². The molecule has 0 aliphatic heterocycles. The number of carbonyl (C=O) groups is 3. The third-order valence-corrected chi connectivity index (χ3v) is 4.24. The van der Waals surface area contributed by atoms with Gasteiger partial charge in [-0.15, -0.1) is 0 Å². The molecule has 0 bridgehead atoms. The lowest BCUT2D eigenvalue weighted by Gasteiger charge is -2.26. The highest BCUT2D eigenvalue weighted by Crippen LogP contribution is 2.09. The molecule has 154 valence electrons. The molecule has 0 radical (unpaired) electrons. The van der Waals surface area contributed by atoms with Crippen LogP contribution >= 0.6 is 0 Å². The second-order valence-electron chi connectivity index (χ2n) is 7.05. The molecule has 2 amide bonds. The maximum Gasteiger partial charge on any atom is 0.408 e. The van der Waals surface area contributed by atoms with Crippen LogP contribution in [0.2, 0.25) is 0 Å². The van der Waals surface area contributed by atoms with Crippen molar-refractivity contribution in [3.63, 3.8) is 0 Å². The molecule has 0 aliphatic carbocycles. The van der Waals surface area contributed by atoms with Crippen molar-refractivity contribution in [3.05, 3.63) is 71.8 Å². The van der Waals surface area contributed by atoms with Crippen LogP contribution in [0.5, 0.6) is 0 Å². The summed E-state index contributed by atoms with van der Waals surface area (Å²) in [5.41, 5.74) is 0.446. The van der Waals surface area contributed by atoms with Gasteiger partial charge in [0, 0.05) is 6.42 Å². The minimum Gasteiger partial charge on any atom is -0.467 e. The van der Waals surface area contributed by atoms with E-state index in [0.29, 0.717) is 0 Å². The van der Waals surface area contributed by atoms with E-state index in [2.05, 4.69) is 10.6 Å². The van der Waals surface area contributed by atoms with Crippen LogP contribution in [0.4, 0.5) is 4.79 Å². The van der Waals surface area contributed by atoms with E-state index in [9.17, 15) is 14.4 Å². The molecule has 0 spiro atoms. The fourth-order valence-corrected chi connectivity index (χ4v) is 2.67. The van der Waals surface area contributed by atoms with Crippen molar-refractivity contribution in [2.24, 2.45) is 0 Å². The Morgan fingerprint density at radius 2 is 1.48 bits per heavy atom. The van der Waals surface area contributed by atoms with Gasteiger partial charge in [0.05, 0.1) is 7.11 Å². The van der Waals surface area contributed by atoms with Gasteiger partial charge in [-0.2, -0.15) is 0 Å². The molecule has 2 rings (SSSR count). The van der Waals surface area contributed by atoms with Gasteiger partial charge in [0.15, 0.2) is 0 Å². The summed E-state index contributed by atoms with van der Waals surface area (Å²) in [7, 11) is 1.25. The Labute approximate surface area is 170 Å². The van der Waals surface area contributed by atoms with Crippen LogP contribution in [0.1, 0.15) is 25.0 Å². The predicted molar refractivity (Wildman–Crippen MR) is 108 cm³/mol. The molecular formula is C22H26N2O5. The number of amides is 2. The summed E-state index contributed by atoms with van der Waals surface area (Å²) in [4.78, 5) is 37.0. The van der Waals surface area contributed by atoms with Crippen LogP contribution in [0, 0.1) is 0 Å². The first kappa shape index (κ1) is 21.9. The molecule has 0 unspecified atom stereocenters. The fraction of sp³-hybridized carbons (Fsp3) is 0.318. The number of alkyl carbamates (subject to hydrolysis) is 1. The third-order valence-electron chi connectivity index (χ3n) is 4.24. The molecule has 0 heterocycles. The van der Waals surface area contributed by atoms with E-state index in [4.69, 9.17) is 9.47 Å². The predicted octanol–water partition coefficient (Wildman–Crippen LogP) is 2.59. The fourth-order valence-electron chi connectivity index (χ4n) is 2.67. The van der Waals surface area contributed by atoms with Crippen molar-refractivity contribution in [2.45, 2.75) is 38.5 Å². The van der Waals surface area contributed by atoms with Crippen molar-refractivity contribution in [3.8, 4) is 0 Å². The molecule has 2 aromatic carbocycles. The van der Waals surface area contributed by atoms with E-state index in [0.717, 1.165) is 11.1 Å². The molecule has 2 N–H and O–H groups in total. The number of hydrogen-bond donors (Lipinski definition) is 2. The summed E-state index contributed by atoms with van der Waals surface area (Å²) in [5, 5.41) is 5.21. The van der Waals surface area contributed by atoms with Crippen LogP contribution in [-0.4, -0.2) is 36.7 Å². The highest BCUT2D eigenvalue weighted by molar-refractivity contribution is 5.91. The molecule has 0 saturated heterocycles. The molecular weight excluding hydrogens is 372 g/mol. The summed E-state index contributed by atoms with van der Waals surface area (Å²) >= 11 is 0. The largest absolute Gasteiger partial charge is 0.467 e. The lowest BCUT2D eigenvalue weighted by molar-refractivity contribution is -0.149. The molecule has 2 aromatic rings. The summed E-state index contributed by atoms with van der Waals surface area (Å²) in [5.74, 6) is -1.10. The minimum atomic E-state index is -1.24. The molecule has 7 heteroatoms. The number of hydrogen-bond acceptors (Lipinski definition) is 5. The van der Waals surface area contributed by atoms with Gasteiger partial charge in [0.1, 0.15) is 18.2 Å². The second kappa shape index (κ2) is 10.3. The summed E-state index contributed by atoms with van der Waals surface area (Å²) in [6.07, 6.45) is -0.481. The van der Waals surface area contributed by atoms with Crippen LogP contribution in [0.3, 0.4) is 0 Å². The Bertz CT molecular complexity index is 822. The lowest BCUT2D eigenvalue weighted by Crippen LogP contribution is -2.57. The number of methoxy groups -OCH3 is 1. The summed E-state index contributed by atoms with van der Waals surface area (Å²) in [6.45, 7) is 3.15. The van der Waals surface area contributed by atoms with Gasteiger partial charge >= 0.3 is 12.1 Å². The van der Waals surface area contributed by atoms with Crippen LogP contribution in [-0.2, 0) is 32.1 Å². The lowest BCUT2D eigenvalue weighted by atomic mass is 10.0. The van der Waals surface area contributed by atoms with E-state index in [1.165, 1.54) is 21.0 Å². The standard InChI is InChI=1S/C22H26N2O5/c1-22(2,20(26)28-3)24-19(25)18(14-16-10-6-4-7-11-16)23-21(27)29-15-17-12-8-5-9-13-17/h4-13,18H,14-15H2,1-3H3,(H,23,27)(H,24,25)/t18-/m0/s1. The topological polar surface area (TPSA) is 93.7 Å². The number of ether oxygens (including phenoxy) is 2. The summed E-state index contributed by atoms with van der Waals surface area (Å²) < 4.78 is 9.94. The van der Waals surface area contributed by atoms with Crippen molar-refractivity contribution in [2.75, 3.05) is 7.11 Å². The van der Waals surface area contributed by atoms with Gasteiger partial charge in [0.25, 0.3) is 0 Å². The van der Waals surface area contributed by atoms with Gasteiger partial charge in [-0.1, -0.05) is 60.7 Å². The molecule has 0 saturated carbocycles. The van der Waals surface area contributed by atoms with E-state index in [1.807, 2.05) is 60.7 Å². The number of benzene rings is 2. The Kier molecular flexibility index (Phi) is 7.77. The highest BCUT2D eigenvalue weighted by atomic mass is 16.5. The normalized spacial score (nSPS) is 11.8. The van der Waals surface area contributed by atoms with Gasteiger partial charge < -0.3 is 20.1 Å². The molecule has 0 fully saturated rings. The average molecular weight is 398 g/mol. The second-order valence-corrected chi connectivity index (χ2v) is 7.05. The first-order chi connectivity index (χ1) is 13.8. The van der Waals surface area contributed by atoms with Gasteiger partial charge in [0.2, 0.25) is 5.91 Å². The summed E-state index contributed by atoms with van der Waals surface area (Å²) in [6, 6.07) is 17.5. The highest BCUT2D eigenvalue weighted by Gasteiger charge is 2.33. The van der Waals surface area contributed by atoms with Crippen LogP contribution in [0.15, 0.2) is 60.7 Å². The number of carbonyl (C=O) groups excluding carboxylic acids is 3. The molecule has 1 atom stereocenters. The Hall–Kier alpha value is -3.35.